The highest BCUT2D eigenvalue weighted by molar-refractivity contribution is 5.32. The molecular formula is C15H24N2O2. The maximum Gasteiger partial charge on any atom is 0.123 e. The quantitative estimate of drug-likeness (QED) is 0.811. The van der Waals surface area contributed by atoms with Crippen molar-refractivity contribution in [3.63, 3.8) is 0 Å². The summed E-state index contributed by atoms with van der Waals surface area (Å²) in [4.78, 5) is 2.37. The van der Waals surface area contributed by atoms with E-state index in [9.17, 15) is 5.11 Å². The number of hydrogen-bond acceptors (Lipinski definition) is 4. The van der Waals surface area contributed by atoms with E-state index in [0.29, 0.717) is 25.7 Å². The van der Waals surface area contributed by atoms with Crippen LogP contribution in [0, 0.1) is 5.92 Å². The van der Waals surface area contributed by atoms with Gasteiger partial charge in [0.25, 0.3) is 0 Å². The number of aliphatic hydroxyl groups is 1. The average Bonchev–Trinajstić information content (AvgIpc) is 2.48. The molecule has 0 amide bonds. The first kappa shape index (κ1) is 14.3. The molecule has 0 saturated carbocycles. The smallest absolute Gasteiger partial charge is 0.123 e. The molecule has 1 aromatic carbocycles. The monoisotopic (exact) mass is 264 g/mol. The van der Waals surface area contributed by atoms with Crippen molar-refractivity contribution in [2.24, 2.45) is 11.7 Å². The Morgan fingerprint density at radius 3 is 3.00 bits per heavy atom. The summed E-state index contributed by atoms with van der Waals surface area (Å²) in [6.45, 7) is 4.49. The van der Waals surface area contributed by atoms with E-state index in [2.05, 4.69) is 4.90 Å². The molecule has 4 nitrogen and oxygen atoms in total. The molecule has 19 heavy (non-hydrogen) atoms. The van der Waals surface area contributed by atoms with Gasteiger partial charge in [-0.3, -0.25) is 4.90 Å². The summed E-state index contributed by atoms with van der Waals surface area (Å²) in [5.74, 6) is 1.32. The van der Waals surface area contributed by atoms with Gasteiger partial charge in [-0.2, -0.15) is 0 Å². The highest BCUT2D eigenvalue weighted by Gasteiger charge is 2.18. The molecule has 3 N–H and O–H groups in total. The summed E-state index contributed by atoms with van der Waals surface area (Å²) >= 11 is 0. The number of likely N-dealkylation sites (tertiary alicyclic amines) is 1. The predicted molar refractivity (Wildman–Crippen MR) is 76.1 cm³/mol. The first-order valence-electron chi connectivity index (χ1n) is 7.07. The van der Waals surface area contributed by atoms with E-state index in [4.69, 9.17) is 10.5 Å². The third kappa shape index (κ3) is 4.20. The molecule has 2 rings (SSSR count). The molecule has 1 aromatic rings. The highest BCUT2D eigenvalue weighted by Crippen LogP contribution is 2.18. The number of ether oxygens (including phenoxy) is 1. The Bertz CT molecular complexity index is 384. The Balaban J connectivity index is 1.77. The van der Waals surface area contributed by atoms with E-state index in [1.54, 1.807) is 0 Å². The molecule has 0 spiro atoms. The normalized spacial score (nSPS) is 20.4. The van der Waals surface area contributed by atoms with Gasteiger partial charge in [-0.15, -0.1) is 0 Å². The van der Waals surface area contributed by atoms with Crippen molar-refractivity contribution in [2.45, 2.75) is 19.4 Å². The zero-order chi connectivity index (χ0) is 13.5. The number of para-hydroxylation sites is 1. The molecule has 1 aliphatic rings. The number of nitrogens with two attached hydrogens (primary N) is 1. The first-order chi connectivity index (χ1) is 9.33. The van der Waals surface area contributed by atoms with Gasteiger partial charge >= 0.3 is 0 Å². The average molecular weight is 264 g/mol. The van der Waals surface area contributed by atoms with Crippen LogP contribution in [0.1, 0.15) is 18.4 Å². The van der Waals surface area contributed by atoms with Gasteiger partial charge in [0.1, 0.15) is 12.4 Å². The topological polar surface area (TPSA) is 58.7 Å². The fourth-order valence-electron chi connectivity index (χ4n) is 2.60. The SMILES string of the molecule is NCc1ccccc1OCCN1CCCC(CO)C1. The molecule has 1 saturated heterocycles. The molecule has 0 aliphatic carbocycles. The maximum atomic E-state index is 9.21. The second-order valence-corrected chi connectivity index (χ2v) is 5.15. The Kier molecular flexibility index (Phi) is 5.63. The lowest BCUT2D eigenvalue weighted by molar-refractivity contribution is 0.107. The predicted octanol–water partition coefficient (Wildman–Crippen LogP) is 1.23. The van der Waals surface area contributed by atoms with Crippen molar-refractivity contribution in [3.05, 3.63) is 29.8 Å². The molecule has 0 radical (unpaired) electrons. The lowest BCUT2D eigenvalue weighted by atomic mass is 9.99. The van der Waals surface area contributed by atoms with Crippen molar-refractivity contribution in [3.8, 4) is 5.75 Å². The number of aliphatic hydroxyl groups excluding tert-OH is 1. The Labute approximate surface area is 115 Å². The molecule has 106 valence electrons. The molecule has 1 fully saturated rings. The van der Waals surface area contributed by atoms with Crippen molar-refractivity contribution in [2.75, 3.05) is 32.8 Å². The molecule has 1 atom stereocenters. The van der Waals surface area contributed by atoms with Gasteiger partial charge in [-0.1, -0.05) is 18.2 Å². The van der Waals surface area contributed by atoms with E-state index in [1.165, 1.54) is 6.42 Å². The van der Waals surface area contributed by atoms with E-state index in [0.717, 1.165) is 37.4 Å². The van der Waals surface area contributed by atoms with E-state index < -0.39 is 0 Å². The fraction of sp³-hybridized carbons (Fsp3) is 0.600. The van der Waals surface area contributed by atoms with Crippen LogP contribution in [-0.4, -0.2) is 42.9 Å². The minimum atomic E-state index is 0.299. The van der Waals surface area contributed by atoms with Crippen LogP contribution in [0.15, 0.2) is 24.3 Å². The largest absolute Gasteiger partial charge is 0.492 e. The van der Waals surface area contributed by atoms with Crippen LogP contribution >= 0.6 is 0 Å². The van der Waals surface area contributed by atoms with Crippen molar-refractivity contribution in [1.29, 1.82) is 0 Å². The summed E-state index contributed by atoms with van der Waals surface area (Å²) < 4.78 is 5.82. The van der Waals surface area contributed by atoms with Crippen molar-refractivity contribution < 1.29 is 9.84 Å². The second-order valence-electron chi connectivity index (χ2n) is 5.15. The summed E-state index contributed by atoms with van der Waals surface area (Å²) in [5, 5.41) is 9.21. The Morgan fingerprint density at radius 1 is 1.37 bits per heavy atom. The molecular weight excluding hydrogens is 240 g/mol. The van der Waals surface area contributed by atoms with Gasteiger partial charge < -0.3 is 15.6 Å². The van der Waals surface area contributed by atoms with Crippen molar-refractivity contribution in [1.82, 2.24) is 4.90 Å². The lowest BCUT2D eigenvalue weighted by Crippen LogP contribution is -2.39. The summed E-state index contributed by atoms with van der Waals surface area (Å²) in [7, 11) is 0. The van der Waals surface area contributed by atoms with Crippen LogP contribution < -0.4 is 10.5 Å². The molecule has 1 heterocycles. The number of rotatable bonds is 6. The van der Waals surface area contributed by atoms with Gasteiger partial charge in [-0.05, 0) is 31.4 Å². The molecule has 1 aliphatic heterocycles. The van der Waals surface area contributed by atoms with Crippen LogP contribution in [0.2, 0.25) is 0 Å². The minimum absolute atomic E-state index is 0.299. The van der Waals surface area contributed by atoms with E-state index in [-0.39, 0.29) is 0 Å². The zero-order valence-electron chi connectivity index (χ0n) is 11.4. The number of benzene rings is 1. The Hall–Kier alpha value is -1.10. The molecule has 4 heteroatoms. The lowest BCUT2D eigenvalue weighted by Gasteiger charge is -2.31. The van der Waals surface area contributed by atoms with Crippen LogP contribution in [0.4, 0.5) is 0 Å². The van der Waals surface area contributed by atoms with Crippen molar-refractivity contribution >= 4 is 0 Å². The standard InChI is InChI=1S/C15H24N2O2/c16-10-14-5-1-2-6-15(14)19-9-8-17-7-3-4-13(11-17)12-18/h1-2,5-6,13,18H,3-4,7-12,16H2. The molecule has 1 unspecified atom stereocenters. The van der Waals surface area contributed by atoms with Crippen LogP contribution in [-0.2, 0) is 6.54 Å². The molecule has 0 bridgehead atoms. The van der Waals surface area contributed by atoms with Gasteiger partial charge in [-0.25, -0.2) is 0 Å². The highest BCUT2D eigenvalue weighted by atomic mass is 16.5. The Morgan fingerprint density at radius 2 is 2.21 bits per heavy atom. The summed E-state index contributed by atoms with van der Waals surface area (Å²) in [6, 6.07) is 7.91. The van der Waals surface area contributed by atoms with Crippen LogP contribution in [0.25, 0.3) is 0 Å². The number of nitrogens with zero attached hydrogens (tertiary/aromatic N) is 1. The van der Waals surface area contributed by atoms with E-state index >= 15 is 0 Å². The van der Waals surface area contributed by atoms with Gasteiger partial charge in [0.05, 0.1) is 0 Å². The summed E-state index contributed by atoms with van der Waals surface area (Å²) in [5.41, 5.74) is 6.73. The van der Waals surface area contributed by atoms with E-state index in [1.807, 2.05) is 24.3 Å². The number of hydrogen-bond donors (Lipinski definition) is 2. The van der Waals surface area contributed by atoms with Crippen LogP contribution in [0.5, 0.6) is 5.75 Å². The van der Waals surface area contributed by atoms with Gasteiger partial charge in [0.2, 0.25) is 0 Å². The maximum absolute atomic E-state index is 9.21. The third-order valence-electron chi connectivity index (χ3n) is 3.72. The van der Waals surface area contributed by atoms with Crippen LogP contribution in [0.3, 0.4) is 0 Å². The van der Waals surface area contributed by atoms with Gasteiger partial charge in [0.15, 0.2) is 0 Å². The number of piperidine rings is 1. The minimum Gasteiger partial charge on any atom is -0.492 e. The second kappa shape index (κ2) is 7.48. The zero-order valence-corrected chi connectivity index (χ0v) is 11.4. The van der Waals surface area contributed by atoms with Gasteiger partial charge in [0, 0.05) is 31.8 Å². The third-order valence-corrected chi connectivity index (χ3v) is 3.72. The fourth-order valence-corrected chi connectivity index (χ4v) is 2.60. The summed E-state index contributed by atoms with van der Waals surface area (Å²) in [6.07, 6.45) is 2.31. The first-order valence-corrected chi connectivity index (χ1v) is 7.07. The molecule has 0 aromatic heterocycles.